The van der Waals surface area contributed by atoms with Crippen LogP contribution in [0.25, 0.3) is 0 Å². The van der Waals surface area contributed by atoms with Crippen LogP contribution in [0.4, 0.5) is 4.39 Å². The number of nitrogens with one attached hydrogen (secondary N) is 1. The first-order chi connectivity index (χ1) is 10.1. The summed E-state index contributed by atoms with van der Waals surface area (Å²) in [7, 11) is 0. The van der Waals surface area contributed by atoms with E-state index in [1.54, 1.807) is 12.1 Å². The van der Waals surface area contributed by atoms with Crippen molar-refractivity contribution < 1.29 is 9.13 Å². The van der Waals surface area contributed by atoms with E-state index in [2.05, 4.69) is 31.0 Å². The second-order valence-corrected chi connectivity index (χ2v) is 5.23. The maximum Gasteiger partial charge on any atom is 0.124 e. The number of hydrogen-bond donors (Lipinski definition) is 1. The van der Waals surface area contributed by atoms with Gasteiger partial charge in [0.1, 0.15) is 18.2 Å². The fraction of sp³-hybridized carbons (Fsp3) is 0.647. The minimum Gasteiger partial charge on any atom is -0.492 e. The van der Waals surface area contributed by atoms with E-state index in [4.69, 9.17) is 4.74 Å². The second kappa shape index (κ2) is 9.74. The number of halogens is 1. The minimum atomic E-state index is -0.216. The third-order valence-electron chi connectivity index (χ3n) is 3.70. The lowest BCUT2D eigenvalue weighted by molar-refractivity contribution is 0.220. The SMILES string of the molecule is CCCNC(C)c1cc(F)ccc1OCCN(CC)CC. The molecule has 0 aromatic heterocycles. The van der Waals surface area contributed by atoms with Gasteiger partial charge in [0.15, 0.2) is 0 Å². The summed E-state index contributed by atoms with van der Waals surface area (Å²) in [5.41, 5.74) is 0.892. The molecule has 0 spiro atoms. The van der Waals surface area contributed by atoms with Gasteiger partial charge in [-0.2, -0.15) is 0 Å². The van der Waals surface area contributed by atoms with Crippen LogP contribution in [0.15, 0.2) is 18.2 Å². The van der Waals surface area contributed by atoms with Crippen LogP contribution in [0.5, 0.6) is 5.75 Å². The summed E-state index contributed by atoms with van der Waals surface area (Å²) in [4.78, 5) is 2.31. The van der Waals surface area contributed by atoms with Crippen LogP contribution >= 0.6 is 0 Å². The van der Waals surface area contributed by atoms with Gasteiger partial charge in [0.2, 0.25) is 0 Å². The lowest BCUT2D eigenvalue weighted by Gasteiger charge is -2.21. The van der Waals surface area contributed by atoms with Crippen molar-refractivity contribution >= 4 is 0 Å². The molecule has 1 aromatic rings. The Kier molecular flexibility index (Phi) is 8.31. The topological polar surface area (TPSA) is 24.5 Å². The molecule has 0 bridgehead atoms. The molecular weight excluding hydrogens is 267 g/mol. The van der Waals surface area contributed by atoms with Crippen LogP contribution in [0.2, 0.25) is 0 Å². The van der Waals surface area contributed by atoms with E-state index < -0.39 is 0 Å². The highest BCUT2D eigenvalue weighted by molar-refractivity contribution is 5.36. The Hall–Kier alpha value is -1.13. The van der Waals surface area contributed by atoms with Gasteiger partial charge in [-0.15, -0.1) is 0 Å². The molecule has 1 N–H and O–H groups in total. The fourth-order valence-electron chi connectivity index (χ4n) is 2.28. The highest BCUT2D eigenvalue weighted by Crippen LogP contribution is 2.26. The first-order valence-electron chi connectivity index (χ1n) is 8.00. The van der Waals surface area contributed by atoms with Crippen molar-refractivity contribution in [2.75, 3.05) is 32.8 Å². The molecule has 0 radical (unpaired) electrons. The zero-order valence-electron chi connectivity index (χ0n) is 13.8. The van der Waals surface area contributed by atoms with Crippen LogP contribution in [0, 0.1) is 5.82 Å². The molecule has 3 nitrogen and oxygen atoms in total. The van der Waals surface area contributed by atoms with Crippen molar-refractivity contribution in [2.45, 2.75) is 40.2 Å². The maximum atomic E-state index is 13.5. The molecule has 0 aliphatic heterocycles. The first-order valence-corrected chi connectivity index (χ1v) is 8.00. The summed E-state index contributed by atoms with van der Waals surface area (Å²) in [6.45, 7) is 12.9. The molecule has 21 heavy (non-hydrogen) atoms. The van der Waals surface area contributed by atoms with Gasteiger partial charge in [0.25, 0.3) is 0 Å². The number of likely N-dealkylation sites (N-methyl/N-ethyl adjacent to an activating group) is 1. The average Bonchev–Trinajstić information content (AvgIpc) is 2.50. The van der Waals surface area contributed by atoms with Crippen LogP contribution < -0.4 is 10.1 Å². The third kappa shape index (κ3) is 6.02. The smallest absolute Gasteiger partial charge is 0.124 e. The lowest BCUT2D eigenvalue weighted by Crippen LogP contribution is -2.28. The van der Waals surface area contributed by atoms with Gasteiger partial charge < -0.3 is 15.0 Å². The van der Waals surface area contributed by atoms with Gasteiger partial charge in [-0.25, -0.2) is 4.39 Å². The van der Waals surface area contributed by atoms with E-state index in [0.717, 1.165) is 43.9 Å². The monoisotopic (exact) mass is 296 g/mol. The molecule has 4 heteroatoms. The summed E-state index contributed by atoms with van der Waals surface area (Å²) in [5, 5.41) is 3.38. The van der Waals surface area contributed by atoms with Gasteiger partial charge >= 0.3 is 0 Å². The second-order valence-electron chi connectivity index (χ2n) is 5.23. The molecule has 1 aromatic carbocycles. The maximum absolute atomic E-state index is 13.5. The molecule has 0 fully saturated rings. The average molecular weight is 296 g/mol. The van der Waals surface area contributed by atoms with Crippen LogP contribution in [0.3, 0.4) is 0 Å². The van der Waals surface area contributed by atoms with Gasteiger partial charge in [0, 0.05) is 18.2 Å². The summed E-state index contributed by atoms with van der Waals surface area (Å²) in [6, 6.07) is 4.85. The molecule has 0 amide bonds. The molecule has 0 saturated carbocycles. The molecular formula is C17H29FN2O. The van der Waals surface area contributed by atoms with Crippen molar-refractivity contribution in [1.29, 1.82) is 0 Å². The van der Waals surface area contributed by atoms with Gasteiger partial charge in [0.05, 0.1) is 0 Å². The van der Waals surface area contributed by atoms with E-state index >= 15 is 0 Å². The van der Waals surface area contributed by atoms with Crippen LogP contribution in [-0.4, -0.2) is 37.7 Å². The number of ether oxygens (including phenoxy) is 1. The van der Waals surface area contributed by atoms with Crippen molar-refractivity contribution in [3.05, 3.63) is 29.6 Å². The van der Waals surface area contributed by atoms with E-state index in [9.17, 15) is 4.39 Å². The minimum absolute atomic E-state index is 0.0871. The van der Waals surface area contributed by atoms with E-state index in [1.165, 1.54) is 6.07 Å². The molecule has 1 rings (SSSR count). The highest BCUT2D eigenvalue weighted by atomic mass is 19.1. The van der Waals surface area contributed by atoms with Gasteiger partial charge in [-0.05, 0) is 51.2 Å². The molecule has 1 atom stereocenters. The number of hydrogen-bond acceptors (Lipinski definition) is 3. The molecule has 0 aliphatic carbocycles. The zero-order chi connectivity index (χ0) is 15.7. The number of benzene rings is 1. The number of nitrogens with zero attached hydrogens (tertiary/aromatic N) is 1. The van der Waals surface area contributed by atoms with Crippen LogP contribution in [-0.2, 0) is 0 Å². The highest BCUT2D eigenvalue weighted by Gasteiger charge is 2.12. The molecule has 1 unspecified atom stereocenters. The summed E-state index contributed by atoms with van der Waals surface area (Å²) < 4.78 is 19.4. The summed E-state index contributed by atoms with van der Waals surface area (Å²) >= 11 is 0. The van der Waals surface area contributed by atoms with Gasteiger partial charge in [-0.3, -0.25) is 0 Å². The Balaban J connectivity index is 2.68. The fourth-order valence-corrected chi connectivity index (χ4v) is 2.28. The first kappa shape index (κ1) is 17.9. The standard InChI is InChI=1S/C17H29FN2O/c1-5-10-19-14(4)16-13-15(18)8-9-17(16)21-12-11-20(6-2)7-3/h8-9,13-14,19H,5-7,10-12H2,1-4H3. The Morgan fingerprint density at radius 1 is 1.24 bits per heavy atom. The lowest BCUT2D eigenvalue weighted by atomic mass is 10.1. The predicted octanol–water partition coefficient (Wildman–Crippen LogP) is 3.61. The van der Waals surface area contributed by atoms with E-state index in [0.29, 0.717) is 6.61 Å². The third-order valence-corrected chi connectivity index (χ3v) is 3.70. The molecule has 0 saturated heterocycles. The largest absolute Gasteiger partial charge is 0.492 e. The Bertz CT molecular complexity index is 408. The summed E-state index contributed by atoms with van der Waals surface area (Å²) in [6.07, 6.45) is 1.05. The summed E-state index contributed by atoms with van der Waals surface area (Å²) in [5.74, 6) is 0.561. The predicted molar refractivity (Wildman–Crippen MR) is 86.4 cm³/mol. The normalized spacial score (nSPS) is 12.7. The molecule has 0 heterocycles. The number of rotatable bonds is 10. The van der Waals surface area contributed by atoms with Gasteiger partial charge in [-0.1, -0.05) is 20.8 Å². The van der Waals surface area contributed by atoms with Crippen molar-refractivity contribution in [2.24, 2.45) is 0 Å². The zero-order valence-corrected chi connectivity index (χ0v) is 13.8. The molecule has 0 aliphatic rings. The van der Waals surface area contributed by atoms with Crippen LogP contribution in [0.1, 0.15) is 45.7 Å². The Morgan fingerprint density at radius 2 is 1.95 bits per heavy atom. The Labute approximate surface area is 128 Å². The van der Waals surface area contributed by atoms with Crippen molar-refractivity contribution in [3.63, 3.8) is 0 Å². The van der Waals surface area contributed by atoms with Crippen molar-refractivity contribution in [3.8, 4) is 5.75 Å². The Morgan fingerprint density at radius 3 is 2.57 bits per heavy atom. The molecule has 120 valence electrons. The van der Waals surface area contributed by atoms with E-state index in [-0.39, 0.29) is 11.9 Å². The quantitative estimate of drug-likeness (QED) is 0.714. The van der Waals surface area contributed by atoms with Crippen molar-refractivity contribution in [1.82, 2.24) is 10.2 Å². The van der Waals surface area contributed by atoms with E-state index in [1.807, 2.05) is 6.92 Å².